The van der Waals surface area contributed by atoms with Gasteiger partial charge in [0.05, 0.1) is 12.8 Å². The molecule has 2 N–H and O–H groups in total. The zero-order valence-electron chi connectivity index (χ0n) is 18.1. The minimum atomic E-state index is -0.175. The highest BCUT2D eigenvalue weighted by molar-refractivity contribution is 6.01. The van der Waals surface area contributed by atoms with Crippen LogP contribution in [0.25, 0.3) is 10.8 Å². The molecule has 2 amide bonds. The van der Waals surface area contributed by atoms with Gasteiger partial charge in [0.25, 0.3) is 0 Å². The van der Waals surface area contributed by atoms with Crippen LogP contribution in [0.2, 0.25) is 0 Å². The first kappa shape index (κ1) is 21.2. The first-order valence-corrected chi connectivity index (χ1v) is 11.2. The third-order valence-corrected chi connectivity index (χ3v) is 6.37. The Morgan fingerprint density at radius 3 is 2.68 bits per heavy atom. The molecule has 0 spiro atoms. The van der Waals surface area contributed by atoms with Crippen LogP contribution in [0.15, 0.2) is 60.9 Å². The Kier molecular flexibility index (Phi) is 7.03. The summed E-state index contributed by atoms with van der Waals surface area (Å²) in [6.07, 6.45) is 11.2. The van der Waals surface area contributed by atoms with E-state index in [9.17, 15) is 4.79 Å². The maximum atomic E-state index is 12.7. The minimum absolute atomic E-state index is 0.175. The molecule has 1 saturated carbocycles. The van der Waals surface area contributed by atoms with Crippen molar-refractivity contribution in [3.8, 4) is 5.75 Å². The van der Waals surface area contributed by atoms with Crippen molar-refractivity contribution >= 4 is 22.5 Å². The smallest absolute Gasteiger partial charge is 0.319 e. The van der Waals surface area contributed by atoms with Crippen molar-refractivity contribution in [3.05, 3.63) is 66.5 Å². The number of urea groups is 1. The molecule has 162 valence electrons. The number of nitrogens with one attached hydrogen (secondary N) is 2. The lowest BCUT2D eigenvalue weighted by Gasteiger charge is -2.27. The number of anilines is 1. The number of hydrogen-bond donors (Lipinski definition) is 2. The number of carbonyl (C=O) groups is 1. The fraction of sp³-hybridized carbons (Fsp3) is 0.385. The zero-order chi connectivity index (χ0) is 21.5. The Morgan fingerprint density at radius 1 is 1.10 bits per heavy atom. The van der Waals surface area contributed by atoms with Gasteiger partial charge in [0.15, 0.2) is 0 Å². The van der Waals surface area contributed by atoms with Gasteiger partial charge in [-0.05, 0) is 42.2 Å². The number of aromatic nitrogens is 1. The summed E-state index contributed by atoms with van der Waals surface area (Å²) in [5, 5.41) is 8.13. The Morgan fingerprint density at radius 2 is 1.90 bits per heavy atom. The highest BCUT2D eigenvalue weighted by Crippen LogP contribution is 2.33. The summed E-state index contributed by atoms with van der Waals surface area (Å²) in [6.45, 7) is 0.612. The summed E-state index contributed by atoms with van der Waals surface area (Å²) in [4.78, 5) is 16.9. The molecule has 5 nitrogen and oxygen atoms in total. The van der Waals surface area contributed by atoms with Gasteiger partial charge in [0.1, 0.15) is 5.75 Å². The lowest BCUT2D eigenvalue weighted by molar-refractivity contribution is 0.249. The summed E-state index contributed by atoms with van der Waals surface area (Å²) in [5.74, 6) is 1.88. The summed E-state index contributed by atoms with van der Waals surface area (Å²) < 4.78 is 5.31. The van der Waals surface area contributed by atoms with Crippen LogP contribution in [0.3, 0.4) is 0 Å². The molecule has 31 heavy (non-hydrogen) atoms. The Hall–Kier alpha value is -3.08. The topological polar surface area (TPSA) is 63.2 Å². The normalized spacial score (nSPS) is 15.4. The molecule has 1 aliphatic carbocycles. The molecule has 0 radical (unpaired) electrons. The minimum Gasteiger partial charge on any atom is -0.497 e. The number of hydrogen-bond acceptors (Lipinski definition) is 3. The number of fused-ring (bicyclic) bond motifs is 1. The van der Waals surface area contributed by atoms with Crippen molar-refractivity contribution in [2.75, 3.05) is 19.0 Å². The van der Waals surface area contributed by atoms with E-state index >= 15 is 0 Å². The molecule has 1 fully saturated rings. The fourth-order valence-electron chi connectivity index (χ4n) is 4.65. The molecule has 4 rings (SSSR count). The SMILES string of the molecule is COc1ccc(C(CNC(=O)Nc2cccc3cnccc23)CC2CCCCC2)cc1. The van der Waals surface area contributed by atoms with Gasteiger partial charge < -0.3 is 15.4 Å². The second-order valence-corrected chi connectivity index (χ2v) is 8.45. The predicted octanol–water partition coefficient (Wildman–Crippen LogP) is 6.12. The van der Waals surface area contributed by atoms with Crippen molar-refractivity contribution in [2.24, 2.45) is 5.92 Å². The second-order valence-electron chi connectivity index (χ2n) is 8.45. The summed E-state index contributed by atoms with van der Waals surface area (Å²) in [6, 6.07) is 15.9. The number of pyridine rings is 1. The number of ether oxygens (including phenoxy) is 1. The fourth-order valence-corrected chi connectivity index (χ4v) is 4.65. The van der Waals surface area contributed by atoms with E-state index in [-0.39, 0.29) is 11.9 Å². The van der Waals surface area contributed by atoms with Gasteiger partial charge in [-0.1, -0.05) is 56.4 Å². The largest absolute Gasteiger partial charge is 0.497 e. The Bertz CT molecular complexity index is 992. The molecule has 0 saturated heterocycles. The number of nitrogens with zero attached hydrogens (tertiary/aromatic N) is 1. The maximum Gasteiger partial charge on any atom is 0.319 e. The molecule has 2 aromatic carbocycles. The third kappa shape index (κ3) is 5.54. The van der Waals surface area contributed by atoms with E-state index in [0.29, 0.717) is 6.54 Å². The van der Waals surface area contributed by atoms with E-state index in [1.807, 2.05) is 42.6 Å². The van der Waals surface area contributed by atoms with Crippen LogP contribution in [0.5, 0.6) is 5.75 Å². The van der Waals surface area contributed by atoms with E-state index in [2.05, 4.69) is 27.8 Å². The van der Waals surface area contributed by atoms with Crippen LogP contribution >= 0.6 is 0 Å². The highest BCUT2D eigenvalue weighted by Gasteiger charge is 2.21. The third-order valence-electron chi connectivity index (χ3n) is 6.37. The van der Waals surface area contributed by atoms with Gasteiger partial charge in [-0.25, -0.2) is 4.79 Å². The lowest BCUT2D eigenvalue weighted by atomic mass is 9.80. The van der Waals surface area contributed by atoms with E-state index in [0.717, 1.165) is 34.5 Å². The summed E-state index contributed by atoms with van der Waals surface area (Å²) >= 11 is 0. The monoisotopic (exact) mass is 417 g/mol. The van der Waals surface area contributed by atoms with Crippen molar-refractivity contribution in [1.29, 1.82) is 0 Å². The Balaban J connectivity index is 1.43. The van der Waals surface area contributed by atoms with Crippen molar-refractivity contribution in [3.63, 3.8) is 0 Å². The number of amides is 2. The van der Waals surface area contributed by atoms with Gasteiger partial charge in [-0.15, -0.1) is 0 Å². The summed E-state index contributed by atoms with van der Waals surface area (Å²) in [5.41, 5.74) is 2.05. The van der Waals surface area contributed by atoms with Gasteiger partial charge in [0.2, 0.25) is 0 Å². The molecular weight excluding hydrogens is 386 g/mol. The van der Waals surface area contributed by atoms with Crippen LogP contribution < -0.4 is 15.4 Å². The van der Waals surface area contributed by atoms with Crippen molar-refractivity contribution < 1.29 is 9.53 Å². The number of benzene rings is 2. The van der Waals surface area contributed by atoms with Crippen molar-refractivity contribution in [1.82, 2.24) is 10.3 Å². The maximum absolute atomic E-state index is 12.7. The molecule has 1 aromatic heterocycles. The Labute approximate surface area is 184 Å². The summed E-state index contributed by atoms with van der Waals surface area (Å²) in [7, 11) is 1.68. The standard InChI is InChI=1S/C26H31N3O2/c1-31-23-12-10-20(11-13-23)22(16-19-6-3-2-4-7-19)18-28-26(30)29-25-9-5-8-21-17-27-15-14-24(21)25/h5,8-15,17,19,22H,2-4,6-7,16,18H2,1H3,(H2,28,29,30). The average molecular weight is 418 g/mol. The van der Waals surface area contributed by atoms with Gasteiger partial charge in [0, 0.05) is 35.6 Å². The molecule has 3 aromatic rings. The molecule has 1 aliphatic rings. The van der Waals surface area contributed by atoms with E-state index < -0.39 is 0 Å². The molecule has 1 unspecified atom stereocenters. The first-order chi connectivity index (χ1) is 15.2. The molecule has 5 heteroatoms. The average Bonchev–Trinajstić information content (AvgIpc) is 2.83. The van der Waals surface area contributed by atoms with E-state index in [4.69, 9.17) is 4.74 Å². The zero-order valence-corrected chi connectivity index (χ0v) is 18.1. The van der Waals surface area contributed by atoms with Gasteiger partial charge in [-0.3, -0.25) is 4.98 Å². The van der Waals surface area contributed by atoms with E-state index in [1.54, 1.807) is 13.3 Å². The molecule has 0 aliphatic heterocycles. The highest BCUT2D eigenvalue weighted by atomic mass is 16.5. The van der Waals surface area contributed by atoms with Crippen LogP contribution in [0, 0.1) is 5.92 Å². The first-order valence-electron chi connectivity index (χ1n) is 11.2. The number of methoxy groups -OCH3 is 1. The van der Waals surface area contributed by atoms with E-state index in [1.165, 1.54) is 37.7 Å². The predicted molar refractivity (Wildman–Crippen MR) is 126 cm³/mol. The van der Waals surface area contributed by atoms with Crippen LogP contribution in [0.4, 0.5) is 10.5 Å². The van der Waals surface area contributed by atoms with Crippen LogP contribution in [0.1, 0.15) is 50.0 Å². The molecule has 1 atom stereocenters. The molecular formula is C26H31N3O2. The van der Waals surface area contributed by atoms with Gasteiger partial charge in [-0.2, -0.15) is 0 Å². The number of carbonyl (C=O) groups excluding carboxylic acids is 1. The second kappa shape index (κ2) is 10.3. The van der Waals surface area contributed by atoms with Crippen LogP contribution in [-0.4, -0.2) is 24.7 Å². The lowest BCUT2D eigenvalue weighted by Crippen LogP contribution is -2.33. The molecule has 1 heterocycles. The van der Waals surface area contributed by atoms with Crippen molar-refractivity contribution in [2.45, 2.75) is 44.4 Å². The quantitative estimate of drug-likeness (QED) is 0.487. The number of rotatable bonds is 7. The van der Waals surface area contributed by atoms with Crippen LogP contribution in [-0.2, 0) is 0 Å². The molecule has 0 bridgehead atoms. The van der Waals surface area contributed by atoms with Gasteiger partial charge >= 0.3 is 6.03 Å².